The molecule has 7 nitrogen and oxygen atoms in total. The summed E-state index contributed by atoms with van der Waals surface area (Å²) in [5, 5.41) is 9.82. The second-order valence-corrected chi connectivity index (χ2v) is 5.83. The molecule has 0 aliphatic heterocycles. The van der Waals surface area contributed by atoms with E-state index in [2.05, 4.69) is 20.7 Å². The van der Waals surface area contributed by atoms with E-state index >= 15 is 0 Å². The highest BCUT2D eigenvalue weighted by Gasteiger charge is 2.17. The van der Waals surface area contributed by atoms with E-state index in [1.807, 2.05) is 25.1 Å². The van der Waals surface area contributed by atoms with Gasteiger partial charge in [0.1, 0.15) is 5.82 Å². The van der Waals surface area contributed by atoms with Gasteiger partial charge in [0.05, 0.1) is 6.04 Å². The fourth-order valence-corrected chi connectivity index (χ4v) is 2.48. The van der Waals surface area contributed by atoms with Crippen LogP contribution in [-0.2, 0) is 7.05 Å². The molecule has 1 aromatic carbocycles. The number of aromatic nitrogens is 3. The quantitative estimate of drug-likeness (QED) is 0.741. The van der Waals surface area contributed by atoms with E-state index in [0.29, 0.717) is 11.4 Å². The third-order valence-corrected chi connectivity index (χ3v) is 3.94. The first-order valence-corrected chi connectivity index (χ1v) is 8.16. The summed E-state index contributed by atoms with van der Waals surface area (Å²) in [7, 11) is 1.67. The van der Waals surface area contributed by atoms with Crippen molar-refractivity contribution in [2.24, 2.45) is 7.05 Å². The second-order valence-electron chi connectivity index (χ2n) is 5.83. The number of nitrogens with zero attached hydrogens (tertiary/aromatic N) is 3. The van der Waals surface area contributed by atoms with E-state index in [0.717, 1.165) is 5.56 Å². The molecule has 0 fully saturated rings. The number of anilines is 1. The van der Waals surface area contributed by atoms with Crippen LogP contribution in [0.2, 0.25) is 0 Å². The summed E-state index contributed by atoms with van der Waals surface area (Å²) in [6.45, 7) is 1.88. The van der Waals surface area contributed by atoms with Crippen molar-refractivity contribution in [3.8, 4) is 0 Å². The van der Waals surface area contributed by atoms with Crippen molar-refractivity contribution in [2.75, 3.05) is 5.32 Å². The molecule has 0 saturated heterocycles. The lowest BCUT2D eigenvalue weighted by molar-refractivity contribution is 0.0933. The zero-order valence-corrected chi connectivity index (χ0v) is 14.5. The zero-order valence-electron chi connectivity index (χ0n) is 14.5. The molecule has 2 amide bonds. The number of hydrogen-bond acceptors (Lipinski definition) is 4. The fourth-order valence-electron chi connectivity index (χ4n) is 2.48. The maximum atomic E-state index is 12.4. The van der Waals surface area contributed by atoms with Gasteiger partial charge in [-0.15, -0.1) is 0 Å². The van der Waals surface area contributed by atoms with Crippen LogP contribution in [-0.4, -0.2) is 26.6 Å². The summed E-state index contributed by atoms with van der Waals surface area (Å²) in [6.07, 6.45) is 3.35. The minimum Gasteiger partial charge on any atom is -0.344 e. The maximum Gasteiger partial charge on any atom is 0.272 e. The second kappa shape index (κ2) is 7.60. The van der Waals surface area contributed by atoms with E-state index in [1.165, 1.54) is 4.68 Å². The van der Waals surface area contributed by atoms with Crippen molar-refractivity contribution in [3.63, 3.8) is 0 Å². The van der Waals surface area contributed by atoms with E-state index in [9.17, 15) is 9.59 Å². The summed E-state index contributed by atoms with van der Waals surface area (Å²) in [4.78, 5) is 28.6. The summed E-state index contributed by atoms with van der Waals surface area (Å²) in [6, 6.07) is 13.9. The van der Waals surface area contributed by atoms with Crippen molar-refractivity contribution < 1.29 is 9.59 Å². The Bertz CT molecular complexity index is 906. The molecule has 2 heterocycles. The van der Waals surface area contributed by atoms with Gasteiger partial charge in [-0.1, -0.05) is 18.2 Å². The first-order chi connectivity index (χ1) is 12.5. The Balaban J connectivity index is 1.69. The number of amides is 2. The molecular formula is C19H19N5O2. The highest BCUT2D eigenvalue weighted by molar-refractivity contribution is 6.04. The molecule has 0 unspecified atom stereocenters. The van der Waals surface area contributed by atoms with E-state index in [1.54, 1.807) is 49.8 Å². The van der Waals surface area contributed by atoms with Gasteiger partial charge in [-0.25, -0.2) is 0 Å². The van der Waals surface area contributed by atoms with Crippen LogP contribution in [0.3, 0.4) is 0 Å². The average molecular weight is 349 g/mol. The van der Waals surface area contributed by atoms with Gasteiger partial charge < -0.3 is 10.6 Å². The van der Waals surface area contributed by atoms with Gasteiger partial charge in [0.15, 0.2) is 5.69 Å². The molecule has 132 valence electrons. The van der Waals surface area contributed by atoms with Gasteiger partial charge in [-0.2, -0.15) is 5.10 Å². The van der Waals surface area contributed by atoms with Crippen molar-refractivity contribution in [3.05, 3.63) is 77.7 Å². The first-order valence-electron chi connectivity index (χ1n) is 8.16. The number of hydrogen-bond donors (Lipinski definition) is 2. The Morgan fingerprint density at radius 3 is 2.42 bits per heavy atom. The lowest BCUT2D eigenvalue weighted by Crippen LogP contribution is -2.27. The summed E-state index contributed by atoms with van der Waals surface area (Å²) < 4.78 is 1.47. The van der Waals surface area contributed by atoms with Crippen LogP contribution >= 0.6 is 0 Å². The van der Waals surface area contributed by atoms with Crippen LogP contribution < -0.4 is 10.6 Å². The Labute approximate surface area is 151 Å². The zero-order chi connectivity index (χ0) is 18.5. The molecule has 7 heteroatoms. The lowest BCUT2D eigenvalue weighted by Gasteiger charge is -2.12. The number of carbonyl (C=O) groups excluding carboxylic acids is 2. The minimum absolute atomic E-state index is 0.185. The van der Waals surface area contributed by atoms with Crippen LogP contribution in [0.1, 0.15) is 39.4 Å². The Kier molecular flexibility index (Phi) is 5.07. The van der Waals surface area contributed by atoms with E-state index in [4.69, 9.17) is 0 Å². The molecule has 0 aliphatic carbocycles. The Morgan fingerprint density at radius 2 is 1.73 bits per heavy atom. The third kappa shape index (κ3) is 3.94. The van der Waals surface area contributed by atoms with Gasteiger partial charge >= 0.3 is 0 Å². The Hall–Kier alpha value is -3.48. The number of nitrogens with one attached hydrogen (secondary N) is 2. The van der Waals surface area contributed by atoms with E-state index < -0.39 is 0 Å². The smallest absolute Gasteiger partial charge is 0.272 e. The highest BCUT2D eigenvalue weighted by atomic mass is 16.2. The predicted molar refractivity (Wildman–Crippen MR) is 97.7 cm³/mol. The van der Waals surface area contributed by atoms with Gasteiger partial charge in [0, 0.05) is 31.1 Å². The van der Waals surface area contributed by atoms with Crippen molar-refractivity contribution >= 4 is 17.6 Å². The van der Waals surface area contributed by atoms with Crippen molar-refractivity contribution in [1.82, 2.24) is 20.1 Å². The summed E-state index contributed by atoms with van der Waals surface area (Å²) in [5.74, 6) is -0.128. The van der Waals surface area contributed by atoms with Gasteiger partial charge in [0.25, 0.3) is 11.8 Å². The number of pyridine rings is 1. The van der Waals surface area contributed by atoms with Gasteiger partial charge in [0.2, 0.25) is 0 Å². The molecule has 2 N–H and O–H groups in total. The molecule has 3 aromatic rings. The molecule has 26 heavy (non-hydrogen) atoms. The van der Waals surface area contributed by atoms with E-state index in [-0.39, 0.29) is 23.6 Å². The molecule has 0 radical (unpaired) electrons. The van der Waals surface area contributed by atoms with Crippen LogP contribution in [0.5, 0.6) is 0 Å². The molecule has 2 aromatic heterocycles. The van der Waals surface area contributed by atoms with Crippen molar-refractivity contribution in [1.29, 1.82) is 0 Å². The molecular weight excluding hydrogens is 330 g/mol. The Morgan fingerprint density at radius 1 is 1.04 bits per heavy atom. The monoisotopic (exact) mass is 349 g/mol. The first kappa shape index (κ1) is 17.3. The maximum absolute atomic E-state index is 12.4. The lowest BCUT2D eigenvalue weighted by atomic mass is 10.1. The van der Waals surface area contributed by atoms with Gasteiger partial charge in [-0.3, -0.25) is 19.3 Å². The normalized spacial score (nSPS) is 11.6. The van der Waals surface area contributed by atoms with Gasteiger partial charge in [-0.05, 0) is 36.8 Å². The van der Waals surface area contributed by atoms with Crippen LogP contribution in [0.4, 0.5) is 5.82 Å². The molecule has 1 atom stereocenters. The molecule has 3 rings (SSSR count). The van der Waals surface area contributed by atoms with Crippen LogP contribution in [0, 0.1) is 0 Å². The standard InChI is InChI=1S/C19H19N5O2/c1-13(14-8-10-20-11-9-14)21-19(26)16-12-17(24(2)23-16)22-18(25)15-6-4-3-5-7-15/h3-13H,1-2H3,(H,21,26)(H,22,25)/t13-/m1/s1. The fraction of sp³-hybridized carbons (Fsp3) is 0.158. The molecule has 0 saturated carbocycles. The van der Waals surface area contributed by atoms with Crippen LogP contribution in [0.25, 0.3) is 0 Å². The summed E-state index contributed by atoms with van der Waals surface area (Å²) in [5.41, 5.74) is 1.71. The number of benzene rings is 1. The van der Waals surface area contributed by atoms with Crippen molar-refractivity contribution in [2.45, 2.75) is 13.0 Å². The predicted octanol–water partition coefficient (Wildman–Crippen LogP) is 2.56. The number of rotatable bonds is 5. The average Bonchev–Trinajstić information content (AvgIpc) is 3.03. The highest BCUT2D eigenvalue weighted by Crippen LogP contribution is 2.14. The third-order valence-electron chi connectivity index (χ3n) is 3.94. The van der Waals surface area contributed by atoms with Crippen LogP contribution in [0.15, 0.2) is 60.9 Å². The minimum atomic E-state index is -0.315. The summed E-state index contributed by atoms with van der Waals surface area (Å²) >= 11 is 0. The number of carbonyl (C=O) groups is 2. The SMILES string of the molecule is C[C@@H](NC(=O)c1cc(NC(=O)c2ccccc2)n(C)n1)c1ccncc1. The number of aryl methyl sites for hydroxylation is 1. The molecule has 0 bridgehead atoms. The topological polar surface area (TPSA) is 88.9 Å². The largest absolute Gasteiger partial charge is 0.344 e. The molecule has 0 aliphatic rings. The molecule has 0 spiro atoms.